The fraction of sp³-hybridized carbons (Fsp3) is 0.909. The van der Waals surface area contributed by atoms with Crippen LogP contribution in [0.2, 0.25) is 0 Å². The molecule has 0 aromatic carbocycles. The molecule has 12 nitrogen and oxygen atoms in total. The lowest BCUT2D eigenvalue weighted by Gasteiger charge is -2.41. The number of rotatable bonds is 49. The Morgan fingerprint density at radius 3 is 1.32 bits per heavy atom. The van der Waals surface area contributed by atoms with Gasteiger partial charge >= 0.3 is 10.4 Å². The average Bonchev–Trinajstić information content (AvgIpc) is 3.31. The number of aliphatic hydroxyl groups excluding tert-OH is 4. The lowest BCUT2D eigenvalue weighted by atomic mass is 9.99. The molecule has 0 aromatic rings. The Balaban J connectivity index is 2.35. The first-order valence-electron chi connectivity index (χ1n) is 28.2. The van der Waals surface area contributed by atoms with Crippen LogP contribution in [-0.4, -0.2) is 95.4 Å². The summed E-state index contributed by atoms with van der Waals surface area (Å²) in [6, 6.07) is -0.943. The van der Waals surface area contributed by atoms with Crippen molar-refractivity contribution in [3.05, 3.63) is 24.3 Å². The maximum absolute atomic E-state index is 13.1. The summed E-state index contributed by atoms with van der Waals surface area (Å²) in [5.41, 5.74) is 0. The van der Waals surface area contributed by atoms with Crippen molar-refractivity contribution in [2.75, 3.05) is 13.2 Å². The molecule has 0 aromatic heterocycles. The lowest BCUT2D eigenvalue weighted by molar-refractivity contribution is -0.298. The first-order chi connectivity index (χ1) is 33.0. The van der Waals surface area contributed by atoms with Gasteiger partial charge in [0.25, 0.3) is 0 Å². The van der Waals surface area contributed by atoms with Crippen LogP contribution in [0.15, 0.2) is 24.3 Å². The van der Waals surface area contributed by atoms with E-state index in [1.54, 1.807) is 6.08 Å². The molecule has 0 bridgehead atoms. The molecule has 1 heterocycles. The summed E-state index contributed by atoms with van der Waals surface area (Å²) in [7, 11) is -5.09. The van der Waals surface area contributed by atoms with Crippen molar-refractivity contribution in [1.29, 1.82) is 0 Å². The first-order valence-corrected chi connectivity index (χ1v) is 29.6. The molecule has 0 radical (unpaired) electrons. The van der Waals surface area contributed by atoms with Gasteiger partial charge in [-0.2, -0.15) is 8.42 Å². The van der Waals surface area contributed by atoms with E-state index in [4.69, 9.17) is 9.47 Å². The van der Waals surface area contributed by atoms with E-state index in [1.165, 1.54) is 199 Å². The van der Waals surface area contributed by atoms with Gasteiger partial charge in [-0.15, -0.1) is 0 Å². The number of nitrogens with one attached hydrogen (secondary N) is 1. The maximum atomic E-state index is 13.1. The SMILES string of the molecule is CCCCCCCCCCCCCC/C=C\CCCCCCCCCCCCC(=O)NC(COC1OC(CO)C(O)C(OS(=O)(=O)O)C1O)C(O)/C=C/CCCCCCCCCCCCCCC. The molecule has 1 aliphatic heterocycles. The molecule has 1 saturated heterocycles. The number of hydrogen-bond donors (Lipinski definition) is 6. The molecule has 1 fully saturated rings. The minimum absolute atomic E-state index is 0.261. The van der Waals surface area contributed by atoms with Gasteiger partial charge in [-0.3, -0.25) is 9.35 Å². The van der Waals surface area contributed by atoms with Crippen LogP contribution >= 0.6 is 0 Å². The number of hydrogen-bond acceptors (Lipinski definition) is 10. The smallest absolute Gasteiger partial charge is 0.394 e. The highest BCUT2D eigenvalue weighted by Crippen LogP contribution is 2.26. The second-order valence-corrected chi connectivity index (χ2v) is 20.9. The van der Waals surface area contributed by atoms with Crippen molar-refractivity contribution in [2.24, 2.45) is 0 Å². The summed E-state index contributed by atoms with van der Waals surface area (Å²) in [6.07, 6.45) is 46.5. The fourth-order valence-corrected chi connectivity index (χ4v) is 9.61. The molecule has 6 N–H and O–H groups in total. The van der Waals surface area contributed by atoms with Gasteiger partial charge in [0.2, 0.25) is 5.91 Å². The number of unbranched alkanes of at least 4 members (excludes halogenated alkanes) is 35. The molecule has 1 aliphatic rings. The number of ether oxygens (including phenoxy) is 2. The van der Waals surface area contributed by atoms with Crippen LogP contribution in [0, 0.1) is 0 Å². The third kappa shape index (κ3) is 37.4. The highest BCUT2D eigenvalue weighted by atomic mass is 32.3. The quantitative estimate of drug-likeness (QED) is 0.0193. The fourth-order valence-electron chi connectivity index (χ4n) is 9.10. The van der Waals surface area contributed by atoms with Crippen LogP contribution in [0.5, 0.6) is 0 Å². The van der Waals surface area contributed by atoms with Gasteiger partial charge in [0.15, 0.2) is 6.29 Å². The Kier molecular flexibility index (Phi) is 43.2. The van der Waals surface area contributed by atoms with Gasteiger partial charge in [-0.25, -0.2) is 4.18 Å². The summed E-state index contributed by atoms with van der Waals surface area (Å²) in [5.74, 6) is -0.261. The van der Waals surface area contributed by atoms with Crippen molar-refractivity contribution in [3.63, 3.8) is 0 Å². The standard InChI is InChI=1S/C55H105NO11S/c1-3-5-7-9-11-13-15-17-19-20-21-22-23-24-25-26-27-28-29-31-33-35-37-39-41-43-45-51(59)56-48(47-65-55-53(61)54(67-68(62,63)64)52(60)50(46-57)66-55)49(58)44-42-40-38-36-34-32-30-18-16-14-12-10-8-6-4-2/h24-25,42,44,48-50,52-55,57-58,60-61H,3-23,26-41,43,45-47H2,1-2H3,(H,56,59)(H,62,63,64)/b25-24-,44-42+. The summed E-state index contributed by atoms with van der Waals surface area (Å²) >= 11 is 0. The molecular formula is C55H105NO11S. The van der Waals surface area contributed by atoms with Gasteiger partial charge in [0, 0.05) is 6.42 Å². The zero-order chi connectivity index (χ0) is 49.8. The van der Waals surface area contributed by atoms with E-state index in [-0.39, 0.29) is 18.9 Å². The summed E-state index contributed by atoms with van der Waals surface area (Å²) < 4.78 is 47.8. The van der Waals surface area contributed by atoms with Gasteiger partial charge in [-0.1, -0.05) is 237 Å². The third-order valence-electron chi connectivity index (χ3n) is 13.5. The normalized spacial score (nSPS) is 19.9. The molecule has 402 valence electrons. The van der Waals surface area contributed by atoms with Crippen molar-refractivity contribution in [2.45, 2.75) is 307 Å². The summed E-state index contributed by atoms with van der Waals surface area (Å²) in [6.45, 7) is 3.42. The summed E-state index contributed by atoms with van der Waals surface area (Å²) in [5, 5.41) is 44.9. The molecule has 7 unspecified atom stereocenters. The van der Waals surface area contributed by atoms with E-state index in [1.807, 2.05) is 6.08 Å². The van der Waals surface area contributed by atoms with E-state index in [0.29, 0.717) is 6.42 Å². The Hall–Kier alpha value is -1.42. The van der Waals surface area contributed by atoms with E-state index in [0.717, 1.165) is 38.5 Å². The zero-order valence-corrected chi connectivity index (χ0v) is 44.3. The molecule has 1 amide bonds. The second-order valence-electron chi connectivity index (χ2n) is 19.9. The molecule has 1 rings (SSSR count). The van der Waals surface area contributed by atoms with Gasteiger partial charge < -0.3 is 35.2 Å². The number of aliphatic hydroxyl groups is 4. The molecule has 0 saturated carbocycles. The van der Waals surface area contributed by atoms with Crippen LogP contribution in [0.1, 0.15) is 264 Å². The second kappa shape index (κ2) is 45.4. The van der Waals surface area contributed by atoms with Crippen LogP contribution in [0.4, 0.5) is 0 Å². The van der Waals surface area contributed by atoms with E-state index < -0.39 is 59.9 Å². The topological polar surface area (TPSA) is 192 Å². The van der Waals surface area contributed by atoms with Crippen LogP contribution < -0.4 is 5.32 Å². The highest BCUT2D eigenvalue weighted by Gasteiger charge is 2.48. The zero-order valence-electron chi connectivity index (χ0n) is 43.4. The van der Waals surface area contributed by atoms with Crippen LogP contribution in [0.3, 0.4) is 0 Å². The van der Waals surface area contributed by atoms with E-state index >= 15 is 0 Å². The monoisotopic (exact) mass is 988 g/mol. The Labute approximate surface area is 416 Å². The third-order valence-corrected chi connectivity index (χ3v) is 13.9. The van der Waals surface area contributed by atoms with Crippen molar-refractivity contribution in [3.8, 4) is 0 Å². The maximum Gasteiger partial charge on any atom is 0.397 e. The van der Waals surface area contributed by atoms with Gasteiger partial charge in [0.1, 0.15) is 24.4 Å². The summed E-state index contributed by atoms with van der Waals surface area (Å²) in [4.78, 5) is 13.1. The van der Waals surface area contributed by atoms with Gasteiger partial charge in [-0.05, 0) is 44.9 Å². The Morgan fingerprint density at radius 2 is 0.941 bits per heavy atom. The molecule has 0 aliphatic carbocycles. The van der Waals surface area contributed by atoms with Crippen molar-refractivity contribution >= 4 is 16.3 Å². The molecular weight excluding hydrogens is 883 g/mol. The largest absolute Gasteiger partial charge is 0.397 e. The molecule has 7 atom stereocenters. The Bertz CT molecular complexity index is 1300. The van der Waals surface area contributed by atoms with Crippen molar-refractivity contribution < 1.29 is 51.8 Å². The van der Waals surface area contributed by atoms with E-state index in [2.05, 4.69) is 35.5 Å². The Morgan fingerprint density at radius 1 is 0.574 bits per heavy atom. The number of carbonyl (C=O) groups excluding carboxylic acids is 1. The number of allylic oxidation sites excluding steroid dienone is 3. The lowest BCUT2D eigenvalue weighted by Crippen LogP contribution is -2.61. The van der Waals surface area contributed by atoms with Crippen LogP contribution in [-0.2, 0) is 28.9 Å². The number of carbonyl (C=O) groups is 1. The average molecular weight is 989 g/mol. The van der Waals surface area contributed by atoms with Gasteiger partial charge in [0.05, 0.1) is 25.4 Å². The predicted octanol–water partition coefficient (Wildman–Crippen LogP) is 12.8. The van der Waals surface area contributed by atoms with Crippen LogP contribution in [0.25, 0.3) is 0 Å². The first kappa shape index (κ1) is 64.6. The molecule has 13 heteroatoms. The van der Waals surface area contributed by atoms with Crippen molar-refractivity contribution in [1.82, 2.24) is 5.32 Å². The predicted molar refractivity (Wildman–Crippen MR) is 278 cm³/mol. The molecule has 0 spiro atoms. The van der Waals surface area contributed by atoms with E-state index in [9.17, 15) is 38.2 Å². The minimum Gasteiger partial charge on any atom is -0.394 e. The molecule has 68 heavy (non-hydrogen) atoms. The number of amides is 1. The highest BCUT2D eigenvalue weighted by molar-refractivity contribution is 7.80. The minimum atomic E-state index is -5.09.